The van der Waals surface area contributed by atoms with E-state index in [1.54, 1.807) is 41.2 Å². The van der Waals surface area contributed by atoms with Crippen LogP contribution in [0.3, 0.4) is 0 Å². The van der Waals surface area contributed by atoms with Gasteiger partial charge in [-0.05, 0) is 61.0 Å². The van der Waals surface area contributed by atoms with E-state index in [-0.39, 0.29) is 24.1 Å². The summed E-state index contributed by atoms with van der Waals surface area (Å²) in [5.74, 6) is -0.898. The Labute approximate surface area is 194 Å². The monoisotopic (exact) mass is 454 g/mol. The maximum absolute atomic E-state index is 13.3. The molecule has 0 aliphatic carbocycles. The minimum atomic E-state index is -0.323. The molecule has 2 heterocycles. The van der Waals surface area contributed by atoms with Crippen molar-refractivity contribution >= 4 is 16.8 Å². The second-order valence-corrected chi connectivity index (χ2v) is 7.91. The Morgan fingerprint density at radius 1 is 0.941 bits per heavy atom. The van der Waals surface area contributed by atoms with E-state index in [4.69, 9.17) is 4.98 Å². The Hall–Kier alpha value is -4.39. The molecule has 0 saturated heterocycles. The molecule has 7 heteroatoms. The molecule has 5 nitrogen and oxygen atoms in total. The number of amides is 1. The van der Waals surface area contributed by atoms with E-state index >= 15 is 0 Å². The first-order valence-corrected chi connectivity index (χ1v) is 10.7. The van der Waals surface area contributed by atoms with E-state index in [1.807, 2.05) is 31.2 Å². The molecule has 5 aromatic rings. The first-order valence-electron chi connectivity index (χ1n) is 10.7. The van der Waals surface area contributed by atoms with Crippen molar-refractivity contribution in [2.24, 2.45) is 0 Å². The number of benzene rings is 3. The van der Waals surface area contributed by atoms with Crippen molar-refractivity contribution in [3.8, 4) is 16.9 Å². The number of para-hydroxylation sites is 1. The second-order valence-electron chi connectivity index (χ2n) is 7.91. The lowest BCUT2D eigenvalue weighted by Gasteiger charge is -2.11. The molecule has 5 rings (SSSR count). The van der Waals surface area contributed by atoms with Gasteiger partial charge in [-0.25, -0.2) is 18.4 Å². The average Bonchev–Trinajstić information content (AvgIpc) is 3.24. The molecule has 0 bridgehead atoms. The van der Waals surface area contributed by atoms with Crippen LogP contribution in [0.2, 0.25) is 0 Å². The quantitative estimate of drug-likeness (QED) is 0.376. The van der Waals surface area contributed by atoms with Crippen molar-refractivity contribution in [3.05, 3.63) is 114 Å². The summed E-state index contributed by atoms with van der Waals surface area (Å²) in [5, 5.41) is 8.09. The standard InChI is InChI=1S/C27H20F2N4O/c1-17-24(16-31-33(17)21-12-10-20(29)11-13-21)26-14-23(22-4-2-3-5-25(22)32-26)27(34)30-15-18-6-8-19(28)9-7-18/h2-14,16H,15H2,1H3,(H,30,34). The van der Waals surface area contributed by atoms with Crippen molar-refractivity contribution < 1.29 is 13.6 Å². The van der Waals surface area contributed by atoms with Crippen molar-refractivity contribution in [1.82, 2.24) is 20.1 Å². The lowest BCUT2D eigenvalue weighted by atomic mass is 10.0. The van der Waals surface area contributed by atoms with Crippen LogP contribution in [0, 0.1) is 18.6 Å². The van der Waals surface area contributed by atoms with Gasteiger partial charge in [0, 0.05) is 17.5 Å². The minimum Gasteiger partial charge on any atom is -0.348 e. The molecule has 168 valence electrons. The molecule has 0 radical (unpaired) electrons. The van der Waals surface area contributed by atoms with E-state index in [9.17, 15) is 13.6 Å². The number of hydrogen-bond acceptors (Lipinski definition) is 3. The molecule has 2 aromatic heterocycles. The Balaban J connectivity index is 1.51. The summed E-state index contributed by atoms with van der Waals surface area (Å²) in [6.45, 7) is 2.17. The van der Waals surface area contributed by atoms with Gasteiger partial charge in [0.15, 0.2) is 0 Å². The fraction of sp³-hybridized carbons (Fsp3) is 0.0741. The molecule has 34 heavy (non-hydrogen) atoms. The van der Waals surface area contributed by atoms with Crippen LogP contribution in [0.15, 0.2) is 85.1 Å². The van der Waals surface area contributed by atoms with Gasteiger partial charge in [0.2, 0.25) is 0 Å². The summed E-state index contributed by atoms with van der Waals surface area (Å²) in [6, 6.07) is 21.3. The summed E-state index contributed by atoms with van der Waals surface area (Å²) < 4.78 is 28.2. The first kappa shape index (κ1) is 21.5. The van der Waals surface area contributed by atoms with Gasteiger partial charge < -0.3 is 5.32 Å². The third kappa shape index (κ3) is 4.15. The highest BCUT2D eigenvalue weighted by atomic mass is 19.1. The number of aromatic nitrogens is 3. The molecule has 0 atom stereocenters. The summed E-state index contributed by atoms with van der Waals surface area (Å²) in [7, 11) is 0. The van der Waals surface area contributed by atoms with Crippen LogP contribution >= 0.6 is 0 Å². The fourth-order valence-corrected chi connectivity index (χ4v) is 3.88. The number of hydrogen-bond donors (Lipinski definition) is 1. The van der Waals surface area contributed by atoms with Gasteiger partial charge in [-0.1, -0.05) is 30.3 Å². The minimum absolute atomic E-state index is 0.257. The molecule has 0 aliphatic heterocycles. The molecule has 0 saturated carbocycles. The Morgan fingerprint density at radius 2 is 1.62 bits per heavy atom. The fourth-order valence-electron chi connectivity index (χ4n) is 3.88. The number of carbonyl (C=O) groups excluding carboxylic acids is 1. The SMILES string of the molecule is Cc1c(-c2cc(C(=O)NCc3ccc(F)cc3)c3ccccc3n2)cnn1-c1ccc(F)cc1. The van der Waals surface area contributed by atoms with Gasteiger partial charge in [0.1, 0.15) is 11.6 Å². The lowest BCUT2D eigenvalue weighted by molar-refractivity contribution is 0.0952. The maximum Gasteiger partial charge on any atom is 0.252 e. The number of nitrogens with zero attached hydrogens (tertiary/aromatic N) is 3. The number of halogens is 2. The van der Waals surface area contributed by atoms with Gasteiger partial charge in [-0.2, -0.15) is 5.10 Å². The topological polar surface area (TPSA) is 59.8 Å². The van der Waals surface area contributed by atoms with E-state index in [0.29, 0.717) is 16.8 Å². The molecule has 1 N–H and O–H groups in total. The smallest absolute Gasteiger partial charge is 0.252 e. The number of carbonyl (C=O) groups is 1. The third-order valence-corrected chi connectivity index (χ3v) is 5.68. The second kappa shape index (κ2) is 8.86. The summed E-state index contributed by atoms with van der Waals surface area (Å²) in [5.41, 5.74) is 4.87. The first-order chi connectivity index (χ1) is 16.5. The average molecular weight is 454 g/mol. The molecule has 3 aromatic carbocycles. The van der Waals surface area contributed by atoms with Crippen LogP contribution in [-0.4, -0.2) is 20.7 Å². The summed E-state index contributed by atoms with van der Waals surface area (Å²) in [4.78, 5) is 17.9. The predicted molar refractivity (Wildman–Crippen MR) is 127 cm³/mol. The maximum atomic E-state index is 13.3. The van der Waals surface area contributed by atoms with E-state index in [1.165, 1.54) is 24.3 Å². The highest BCUT2D eigenvalue weighted by Gasteiger charge is 2.17. The molecule has 0 fully saturated rings. The molecular formula is C27H20F2N4O. The zero-order valence-electron chi connectivity index (χ0n) is 18.3. The van der Waals surface area contributed by atoms with Crippen LogP contribution in [-0.2, 0) is 6.54 Å². The predicted octanol–water partition coefficient (Wildman–Crippen LogP) is 5.60. The zero-order valence-corrected chi connectivity index (χ0v) is 18.3. The highest BCUT2D eigenvalue weighted by Crippen LogP contribution is 2.28. The molecule has 0 spiro atoms. The van der Waals surface area contributed by atoms with E-state index in [0.717, 1.165) is 27.9 Å². The Kier molecular flexibility index (Phi) is 5.59. The highest BCUT2D eigenvalue weighted by molar-refractivity contribution is 6.07. The van der Waals surface area contributed by atoms with Gasteiger partial charge in [-0.15, -0.1) is 0 Å². The summed E-state index contributed by atoms with van der Waals surface area (Å²) in [6.07, 6.45) is 1.69. The lowest BCUT2D eigenvalue weighted by Crippen LogP contribution is -2.23. The normalized spacial score (nSPS) is 11.0. The molecule has 0 unspecified atom stereocenters. The Bertz CT molecular complexity index is 1490. The molecule has 1 amide bonds. The van der Waals surface area contributed by atoms with Crippen molar-refractivity contribution in [2.75, 3.05) is 0 Å². The van der Waals surface area contributed by atoms with E-state index < -0.39 is 0 Å². The Morgan fingerprint density at radius 3 is 2.35 bits per heavy atom. The number of rotatable bonds is 5. The molecule has 0 aliphatic rings. The van der Waals surface area contributed by atoms with Gasteiger partial charge in [0.05, 0.1) is 34.4 Å². The van der Waals surface area contributed by atoms with Crippen LogP contribution in [0.1, 0.15) is 21.6 Å². The van der Waals surface area contributed by atoms with Crippen molar-refractivity contribution in [2.45, 2.75) is 13.5 Å². The summed E-state index contributed by atoms with van der Waals surface area (Å²) >= 11 is 0. The van der Waals surface area contributed by atoms with Gasteiger partial charge in [-0.3, -0.25) is 4.79 Å². The van der Waals surface area contributed by atoms with Crippen molar-refractivity contribution in [1.29, 1.82) is 0 Å². The van der Waals surface area contributed by atoms with Crippen LogP contribution in [0.4, 0.5) is 8.78 Å². The number of nitrogens with one attached hydrogen (secondary N) is 1. The van der Waals surface area contributed by atoms with Gasteiger partial charge in [0.25, 0.3) is 5.91 Å². The number of fused-ring (bicyclic) bond motifs is 1. The largest absolute Gasteiger partial charge is 0.348 e. The van der Waals surface area contributed by atoms with Crippen molar-refractivity contribution in [3.63, 3.8) is 0 Å². The number of pyridine rings is 1. The van der Waals surface area contributed by atoms with E-state index in [2.05, 4.69) is 10.4 Å². The van der Waals surface area contributed by atoms with Crippen LogP contribution < -0.4 is 5.32 Å². The van der Waals surface area contributed by atoms with Gasteiger partial charge >= 0.3 is 0 Å². The molecular weight excluding hydrogens is 434 g/mol. The van der Waals surface area contributed by atoms with Crippen LogP contribution in [0.5, 0.6) is 0 Å². The van der Waals surface area contributed by atoms with Crippen LogP contribution in [0.25, 0.3) is 27.8 Å². The third-order valence-electron chi connectivity index (χ3n) is 5.68. The zero-order chi connectivity index (χ0) is 23.7.